The molecule has 0 atom stereocenters. The van der Waals surface area contributed by atoms with Crippen LogP contribution in [0, 0.1) is 0 Å². The predicted molar refractivity (Wildman–Crippen MR) is 78.1 cm³/mol. The Kier molecular flexibility index (Phi) is 2.97. The Morgan fingerprint density at radius 3 is 2.68 bits per heavy atom. The number of hydrogen-bond acceptors (Lipinski definition) is 3. The van der Waals surface area contributed by atoms with E-state index in [9.17, 15) is 0 Å². The van der Waals surface area contributed by atoms with E-state index in [-0.39, 0.29) is 0 Å². The minimum atomic E-state index is 0.532. The molecule has 3 rings (SSSR count). The molecule has 0 aliphatic heterocycles. The monoisotopic (exact) mass is 270 g/mol. The van der Waals surface area contributed by atoms with Crippen molar-refractivity contribution in [1.29, 1.82) is 0 Å². The van der Waals surface area contributed by atoms with Crippen LogP contribution in [-0.2, 0) is 0 Å². The molecule has 0 aliphatic carbocycles. The van der Waals surface area contributed by atoms with E-state index in [1.54, 1.807) is 12.3 Å². The van der Waals surface area contributed by atoms with Crippen molar-refractivity contribution < 1.29 is 4.29 Å². The molecule has 0 saturated carbocycles. The number of hydrogen-bond donors (Lipinski definition) is 1. The number of nitrogens with zero attached hydrogens (tertiary/aromatic N) is 1. The van der Waals surface area contributed by atoms with Crippen LogP contribution in [-0.4, -0.2) is 4.98 Å². The molecule has 0 bridgehead atoms. The highest BCUT2D eigenvalue weighted by atomic mass is 35.5. The molecule has 2 aromatic carbocycles. The van der Waals surface area contributed by atoms with Gasteiger partial charge in [0, 0.05) is 11.6 Å². The van der Waals surface area contributed by atoms with Gasteiger partial charge in [-0.3, -0.25) is 0 Å². The third-order valence-electron chi connectivity index (χ3n) is 3.07. The zero-order valence-corrected chi connectivity index (χ0v) is 10.8. The number of aromatic nitrogens is 1. The summed E-state index contributed by atoms with van der Waals surface area (Å²) in [4.78, 5) is 4.11. The number of benzene rings is 2. The van der Waals surface area contributed by atoms with E-state index >= 15 is 0 Å². The number of pyridine rings is 1. The zero-order chi connectivity index (χ0) is 13.2. The van der Waals surface area contributed by atoms with E-state index in [1.807, 2.05) is 42.5 Å². The molecule has 3 nitrogen and oxygen atoms in total. The smallest absolute Gasteiger partial charge is 0.146 e. The number of nitrogen functional groups attached to an aromatic ring is 1. The van der Waals surface area contributed by atoms with Gasteiger partial charge in [0.25, 0.3) is 0 Å². The standard InChI is InChI=1S/C15H11ClN2O/c16-19-11-4-1-3-10(9-11)12-5-2-6-14-13(12)7-8-18-15(14)17/h1-9H,(H2,17,18). The second-order valence-corrected chi connectivity index (χ2v) is 4.36. The number of anilines is 1. The van der Waals surface area contributed by atoms with Gasteiger partial charge in [-0.05, 0) is 34.7 Å². The highest BCUT2D eigenvalue weighted by Gasteiger charge is 2.06. The Balaban J connectivity index is 2.27. The maximum absolute atomic E-state index is 5.90. The molecule has 0 unspecified atom stereocenters. The quantitative estimate of drug-likeness (QED) is 0.765. The molecule has 1 aromatic heterocycles. The lowest BCUT2D eigenvalue weighted by Gasteiger charge is -2.08. The van der Waals surface area contributed by atoms with Crippen molar-refractivity contribution in [2.75, 3.05) is 5.73 Å². The fourth-order valence-electron chi connectivity index (χ4n) is 2.19. The first-order valence-corrected chi connectivity index (χ1v) is 6.12. The molecule has 0 aliphatic rings. The van der Waals surface area contributed by atoms with Gasteiger partial charge in [-0.25, -0.2) is 4.98 Å². The number of fused-ring (bicyclic) bond motifs is 1. The first kappa shape index (κ1) is 11.8. The van der Waals surface area contributed by atoms with Crippen LogP contribution >= 0.6 is 11.9 Å². The molecule has 0 fully saturated rings. The van der Waals surface area contributed by atoms with Gasteiger partial charge < -0.3 is 10.0 Å². The summed E-state index contributed by atoms with van der Waals surface area (Å²) in [5, 5.41) is 2.00. The molecule has 19 heavy (non-hydrogen) atoms. The van der Waals surface area contributed by atoms with E-state index in [2.05, 4.69) is 4.98 Å². The molecule has 3 aromatic rings. The van der Waals surface area contributed by atoms with Crippen LogP contribution in [0.15, 0.2) is 54.7 Å². The Morgan fingerprint density at radius 1 is 1.00 bits per heavy atom. The molecule has 0 radical (unpaired) electrons. The molecular weight excluding hydrogens is 260 g/mol. The van der Waals surface area contributed by atoms with Gasteiger partial charge in [0.2, 0.25) is 0 Å². The molecule has 0 amide bonds. The largest absolute Gasteiger partial charge is 0.386 e. The summed E-state index contributed by atoms with van der Waals surface area (Å²) in [6.07, 6.45) is 1.71. The second kappa shape index (κ2) is 4.78. The fourth-order valence-corrected chi connectivity index (χ4v) is 2.29. The topological polar surface area (TPSA) is 48.1 Å². The molecule has 2 N–H and O–H groups in total. The third kappa shape index (κ3) is 2.09. The average Bonchev–Trinajstić information content (AvgIpc) is 2.47. The van der Waals surface area contributed by atoms with Crippen LogP contribution in [0.3, 0.4) is 0 Å². The van der Waals surface area contributed by atoms with Gasteiger partial charge >= 0.3 is 0 Å². The van der Waals surface area contributed by atoms with Crippen LogP contribution in [0.4, 0.5) is 5.82 Å². The molecule has 4 heteroatoms. The molecule has 0 saturated heterocycles. The fraction of sp³-hybridized carbons (Fsp3) is 0. The summed E-state index contributed by atoms with van der Waals surface area (Å²) >= 11 is 5.40. The summed E-state index contributed by atoms with van der Waals surface area (Å²) in [7, 11) is 0. The van der Waals surface area contributed by atoms with Crippen LogP contribution < -0.4 is 10.0 Å². The first-order valence-electron chi connectivity index (χ1n) is 5.82. The van der Waals surface area contributed by atoms with Gasteiger partial charge in [-0.2, -0.15) is 0 Å². The summed E-state index contributed by atoms with van der Waals surface area (Å²) < 4.78 is 4.75. The summed E-state index contributed by atoms with van der Waals surface area (Å²) in [6, 6.07) is 15.5. The normalized spacial score (nSPS) is 10.6. The van der Waals surface area contributed by atoms with Crippen molar-refractivity contribution in [3.63, 3.8) is 0 Å². The van der Waals surface area contributed by atoms with Crippen LogP contribution in [0.1, 0.15) is 0 Å². The lowest BCUT2D eigenvalue weighted by molar-refractivity contribution is 0.619. The highest BCUT2D eigenvalue weighted by molar-refractivity contribution is 6.09. The van der Waals surface area contributed by atoms with Gasteiger partial charge in [-0.1, -0.05) is 30.3 Å². The number of rotatable bonds is 2. The van der Waals surface area contributed by atoms with Crippen molar-refractivity contribution >= 4 is 28.5 Å². The Hall–Kier alpha value is -2.26. The van der Waals surface area contributed by atoms with E-state index in [0.29, 0.717) is 11.6 Å². The van der Waals surface area contributed by atoms with Crippen molar-refractivity contribution in [3.8, 4) is 16.9 Å². The van der Waals surface area contributed by atoms with E-state index in [1.165, 1.54) is 0 Å². The lowest BCUT2D eigenvalue weighted by Crippen LogP contribution is -1.91. The molecule has 0 spiro atoms. The average molecular weight is 271 g/mol. The van der Waals surface area contributed by atoms with Gasteiger partial charge in [0.1, 0.15) is 23.4 Å². The molecule has 1 heterocycles. The number of halogens is 1. The summed E-state index contributed by atoms with van der Waals surface area (Å²) in [5.74, 6) is 1.14. The number of nitrogens with two attached hydrogens (primary N) is 1. The predicted octanol–water partition coefficient (Wildman–Crippen LogP) is 4.02. The van der Waals surface area contributed by atoms with Crippen LogP contribution in [0.25, 0.3) is 21.9 Å². The molecule has 94 valence electrons. The summed E-state index contributed by atoms with van der Waals surface area (Å²) in [6.45, 7) is 0. The van der Waals surface area contributed by atoms with Crippen molar-refractivity contribution in [1.82, 2.24) is 4.98 Å². The Bertz CT molecular complexity index is 743. The second-order valence-electron chi connectivity index (χ2n) is 4.20. The summed E-state index contributed by atoms with van der Waals surface area (Å²) in [5.41, 5.74) is 8.00. The van der Waals surface area contributed by atoms with Crippen molar-refractivity contribution in [2.24, 2.45) is 0 Å². The SMILES string of the molecule is Nc1nccc2c(-c3cccc(OCl)c3)cccc12. The van der Waals surface area contributed by atoms with Crippen LogP contribution in [0.5, 0.6) is 5.75 Å². The minimum absolute atomic E-state index is 0.532. The van der Waals surface area contributed by atoms with Gasteiger partial charge in [0.05, 0.1) is 0 Å². The minimum Gasteiger partial charge on any atom is -0.386 e. The maximum Gasteiger partial charge on any atom is 0.146 e. The van der Waals surface area contributed by atoms with Crippen LogP contribution in [0.2, 0.25) is 0 Å². The van der Waals surface area contributed by atoms with Crippen molar-refractivity contribution in [3.05, 3.63) is 54.7 Å². The molecular formula is C15H11ClN2O. The van der Waals surface area contributed by atoms with Gasteiger partial charge in [-0.15, -0.1) is 0 Å². The zero-order valence-electron chi connectivity index (χ0n) is 10.0. The lowest BCUT2D eigenvalue weighted by atomic mass is 9.99. The van der Waals surface area contributed by atoms with E-state index in [0.717, 1.165) is 21.9 Å². The highest BCUT2D eigenvalue weighted by Crippen LogP contribution is 2.32. The van der Waals surface area contributed by atoms with E-state index in [4.69, 9.17) is 21.9 Å². The Labute approximate surface area is 115 Å². The van der Waals surface area contributed by atoms with E-state index < -0.39 is 0 Å². The first-order chi connectivity index (χ1) is 9.29. The van der Waals surface area contributed by atoms with Crippen molar-refractivity contribution in [2.45, 2.75) is 0 Å². The Morgan fingerprint density at radius 2 is 1.84 bits per heavy atom. The van der Waals surface area contributed by atoms with Gasteiger partial charge in [0.15, 0.2) is 0 Å². The maximum atomic E-state index is 5.90. The third-order valence-corrected chi connectivity index (χ3v) is 3.25.